The van der Waals surface area contributed by atoms with Crippen LogP contribution in [0.15, 0.2) is 53.4 Å². The maximum atomic E-state index is 12.9. The van der Waals surface area contributed by atoms with Crippen molar-refractivity contribution in [3.8, 4) is 0 Å². The highest BCUT2D eigenvalue weighted by atomic mass is 32.1. The number of amides is 1. The van der Waals surface area contributed by atoms with E-state index in [0.717, 1.165) is 12.1 Å². The number of nitrogens with zero attached hydrogens (tertiary/aromatic N) is 2. The number of fused-ring (bicyclic) bond motifs is 1. The van der Waals surface area contributed by atoms with E-state index in [1.54, 1.807) is 42.1 Å². The van der Waals surface area contributed by atoms with Gasteiger partial charge in [0, 0.05) is 17.5 Å². The number of alkyl halides is 3. The van der Waals surface area contributed by atoms with E-state index in [4.69, 9.17) is 0 Å². The quantitative estimate of drug-likeness (QED) is 0.367. The molecule has 6 nitrogen and oxygen atoms in total. The van der Waals surface area contributed by atoms with Gasteiger partial charge >= 0.3 is 6.18 Å². The molecule has 33 heavy (non-hydrogen) atoms. The van der Waals surface area contributed by atoms with Gasteiger partial charge < -0.3 is 10.3 Å². The van der Waals surface area contributed by atoms with E-state index in [9.17, 15) is 22.8 Å². The Morgan fingerprint density at radius 2 is 2.00 bits per heavy atom. The lowest BCUT2D eigenvalue weighted by molar-refractivity contribution is -0.137. The molecule has 0 spiro atoms. The number of Topliss-reactive ketones (excluding diaryl/α,β-unsaturated/α-hetero) is 1. The summed E-state index contributed by atoms with van der Waals surface area (Å²) in [7, 11) is 0. The molecule has 0 saturated heterocycles. The molecule has 1 amide bonds. The number of aromatic amines is 1. The van der Waals surface area contributed by atoms with Gasteiger partial charge in [-0.05, 0) is 35.7 Å². The van der Waals surface area contributed by atoms with E-state index in [2.05, 4.69) is 20.3 Å². The number of benzene rings is 2. The van der Waals surface area contributed by atoms with Crippen LogP contribution in [0.25, 0.3) is 11.0 Å². The predicted octanol–water partition coefficient (Wildman–Crippen LogP) is 5.60. The number of carbonyl (C=O) groups is 2. The van der Waals surface area contributed by atoms with E-state index < -0.39 is 11.7 Å². The monoisotopic (exact) mass is 472 g/mol. The maximum Gasteiger partial charge on any atom is 0.416 e. The molecule has 4 aromatic rings. The second-order valence-corrected chi connectivity index (χ2v) is 8.41. The van der Waals surface area contributed by atoms with Crippen molar-refractivity contribution in [2.24, 2.45) is 0 Å². The number of anilines is 1. The first-order chi connectivity index (χ1) is 15.7. The summed E-state index contributed by atoms with van der Waals surface area (Å²) in [5.74, 6) is -0.379. The number of ketones is 1. The third-order valence-electron chi connectivity index (χ3n) is 5.14. The number of hydrogen-bond donors (Lipinski definition) is 2. The van der Waals surface area contributed by atoms with Gasteiger partial charge in [-0.3, -0.25) is 9.59 Å². The molecule has 2 aromatic carbocycles. The smallest absolute Gasteiger partial charge is 0.342 e. The van der Waals surface area contributed by atoms with Gasteiger partial charge in [0.1, 0.15) is 17.3 Å². The number of thiazole rings is 1. The molecule has 0 fully saturated rings. The zero-order valence-corrected chi connectivity index (χ0v) is 18.3. The summed E-state index contributed by atoms with van der Waals surface area (Å²) in [6.45, 7) is 1.73. The van der Waals surface area contributed by atoms with Crippen LogP contribution < -0.4 is 5.32 Å². The topological polar surface area (TPSA) is 87.7 Å². The largest absolute Gasteiger partial charge is 0.416 e. The molecule has 2 N–H and O–H groups in total. The molecule has 1 atom stereocenters. The average Bonchev–Trinajstić information content (AvgIpc) is 3.42. The molecular weight excluding hydrogens is 453 g/mol. The number of carbonyl (C=O) groups excluding carboxylic acids is 2. The van der Waals surface area contributed by atoms with Crippen molar-refractivity contribution in [3.63, 3.8) is 0 Å². The van der Waals surface area contributed by atoms with E-state index in [0.29, 0.717) is 33.8 Å². The van der Waals surface area contributed by atoms with Gasteiger partial charge in [-0.15, -0.1) is 11.3 Å². The number of halogens is 3. The van der Waals surface area contributed by atoms with E-state index >= 15 is 0 Å². The number of imidazole rings is 1. The van der Waals surface area contributed by atoms with Crippen LogP contribution in [0.3, 0.4) is 0 Å². The highest BCUT2D eigenvalue weighted by Gasteiger charge is 2.30. The Morgan fingerprint density at radius 1 is 1.18 bits per heavy atom. The van der Waals surface area contributed by atoms with Crippen molar-refractivity contribution in [3.05, 3.63) is 76.0 Å². The standard InChI is InChI=1S/C23H19F3N4O2S/c1-13(14-3-2-4-15(8-14)23(24,25)26)7-17(31)10-21-29-18-6-5-16(9-19(18)30-21)28-22(32)20-11-33-12-27-20/h2-6,8-9,11-13H,7,10H2,1H3,(H,28,32)(H,29,30). The number of H-pyrrole nitrogens is 1. The number of rotatable bonds is 7. The third-order valence-corrected chi connectivity index (χ3v) is 5.72. The van der Waals surface area contributed by atoms with E-state index in [1.165, 1.54) is 17.4 Å². The summed E-state index contributed by atoms with van der Waals surface area (Å²) >= 11 is 1.32. The Hall–Kier alpha value is -3.53. The van der Waals surface area contributed by atoms with Gasteiger partial charge in [0.15, 0.2) is 0 Å². The number of aromatic nitrogens is 3. The highest BCUT2D eigenvalue weighted by molar-refractivity contribution is 7.07. The second kappa shape index (κ2) is 9.14. The predicted molar refractivity (Wildman–Crippen MR) is 119 cm³/mol. The van der Waals surface area contributed by atoms with Crippen LogP contribution in [0.5, 0.6) is 0 Å². The molecule has 170 valence electrons. The molecule has 0 aliphatic rings. The van der Waals surface area contributed by atoms with Gasteiger partial charge in [-0.1, -0.05) is 25.1 Å². The summed E-state index contributed by atoms with van der Waals surface area (Å²) in [6.07, 6.45) is -4.31. The Kier molecular flexibility index (Phi) is 6.28. The fourth-order valence-electron chi connectivity index (χ4n) is 3.48. The molecular formula is C23H19F3N4O2S. The summed E-state index contributed by atoms with van der Waals surface area (Å²) in [6, 6.07) is 10.2. The highest BCUT2D eigenvalue weighted by Crippen LogP contribution is 2.32. The molecule has 1 unspecified atom stereocenters. The van der Waals surface area contributed by atoms with Crippen molar-refractivity contribution in [1.82, 2.24) is 15.0 Å². The van der Waals surface area contributed by atoms with E-state index in [1.807, 2.05) is 0 Å². The van der Waals surface area contributed by atoms with Crippen LogP contribution in [0.1, 0.15) is 46.7 Å². The summed E-state index contributed by atoms with van der Waals surface area (Å²) in [5.41, 5.74) is 3.48. The van der Waals surface area contributed by atoms with Gasteiger partial charge in [0.05, 0.1) is 28.5 Å². The normalized spacial score (nSPS) is 12.6. The molecule has 0 saturated carbocycles. The van der Waals surface area contributed by atoms with Crippen molar-refractivity contribution >= 4 is 39.7 Å². The Balaban J connectivity index is 1.41. The average molecular weight is 472 g/mol. The minimum absolute atomic E-state index is 0.0263. The van der Waals surface area contributed by atoms with Crippen molar-refractivity contribution < 1.29 is 22.8 Å². The molecule has 0 radical (unpaired) electrons. The Bertz CT molecular complexity index is 1300. The fraction of sp³-hybridized carbons (Fsp3) is 0.217. The summed E-state index contributed by atoms with van der Waals surface area (Å²) in [5, 5.41) is 4.40. The molecule has 0 aliphatic heterocycles. The molecule has 0 aliphatic carbocycles. The summed E-state index contributed by atoms with van der Waals surface area (Å²) in [4.78, 5) is 36.2. The number of hydrogen-bond acceptors (Lipinski definition) is 5. The molecule has 2 heterocycles. The van der Waals surface area contributed by atoms with Gasteiger partial charge in [-0.2, -0.15) is 13.2 Å². The van der Waals surface area contributed by atoms with Crippen LogP contribution >= 0.6 is 11.3 Å². The van der Waals surface area contributed by atoms with Crippen LogP contribution in [0.2, 0.25) is 0 Å². The van der Waals surface area contributed by atoms with Gasteiger partial charge in [-0.25, -0.2) is 9.97 Å². The van der Waals surface area contributed by atoms with E-state index in [-0.39, 0.29) is 30.4 Å². The Morgan fingerprint density at radius 3 is 2.73 bits per heavy atom. The molecule has 4 rings (SSSR count). The first kappa shape index (κ1) is 22.7. The molecule has 0 bridgehead atoms. The van der Waals surface area contributed by atoms with Crippen LogP contribution in [0, 0.1) is 0 Å². The second-order valence-electron chi connectivity index (χ2n) is 7.69. The maximum absolute atomic E-state index is 12.9. The van der Waals surface area contributed by atoms with Gasteiger partial charge in [0.2, 0.25) is 0 Å². The fourth-order valence-corrected chi connectivity index (χ4v) is 4.02. The van der Waals surface area contributed by atoms with Gasteiger partial charge in [0.25, 0.3) is 5.91 Å². The molecule has 10 heteroatoms. The SMILES string of the molecule is CC(CC(=O)Cc1nc2ccc(NC(=O)c3cscn3)cc2[nH]1)c1cccc(C(F)(F)F)c1. The lowest BCUT2D eigenvalue weighted by atomic mass is 9.93. The zero-order chi connectivity index (χ0) is 23.6. The van der Waals surface area contributed by atoms with Crippen LogP contribution in [-0.2, 0) is 17.4 Å². The van der Waals surface area contributed by atoms with Crippen molar-refractivity contribution in [2.45, 2.75) is 31.9 Å². The zero-order valence-electron chi connectivity index (χ0n) is 17.4. The first-order valence-corrected chi connectivity index (χ1v) is 11.0. The lowest BCUT2D eigenvalue weighted by Gasteiger charge is -2.13. The van der Waals surface area contributed by atoms with Crippen LogP contribution in [-0.4, -0.2) is 26.6 Å². The first-order valence-electron chi connectivity index (χ1n) is 10.1. The number of nitrogens with one attached hydrogen (secondary N) is 2. The van der Waals surface area contributed by atoms with Crippen molar-refractivity contribution in [1.29, 1.82) is 0 Å². The minimum atomic E-state index is -4.42. The summed E-state index contributed by atoms with van der Waals surface area (Å²) < 4.78 is 38.8. The molecule has 2 aromatic heterocycles. The third kappa shape index (κ3) is 5.46. The Labute approximate surface area is 190 Å². The van der Waals surface area contributed by atoms with Crippen LogP contribution in [0.4, 0.5) is 18.9 Å². The van der Waals surface area contributed by atoms with Crippen molar-refractivity contribution in [2.75, 3.05) is 5.32 Å². The minimum Gasteiger partial charge on any atom is -0.342 e. The lowest BCUT2D eigenvalue weighted by Crippen LogP contribution is -2.11.